The van der Waals surface area contributed by atoms with E-state index < -0.39 is 0 Å². The molecule has 1 rings (SSSR count). The molecular weight excluding hydrogens is 164 g/mol. The molecule has 0 radical (unpaired) electrons. The molecule has 0 aliphatic carbocycles. The molecule has 1 saturated heterocycles. The normalized spacial score (nSPS) is 17.9. The summed E-state index contributed by atoms with van der Waals surface area (Å²) in [6.45, 7) is 5.51. The first kappa shape index (κ1) is 10.5. The number of nitrogens with one attached hydrogen (secondary N) is 1. The van der Waals surface area contributed by atoms with Crippen molar-refractivity contribution in [3.05, 3.63) is 0 Å². The largest absolute Gasteiger partial charge is 0.396 e. The van der Waals surface area contributed by atoms with Crippen molar-refractivity contribution in [2.45, 2.75) is 12.8 Å². The molecule has 1 aliphatic rings. The first-order valence-corrected chi connectivity index (χ1v) is 4.93. The van der Waals surface area contributed by atoms with E-state index in [1.807, 2.05) is 0 Å². The molecule has 1 aliphatic heterocycles. The van der Waals surface area contributed by atoms with Gasteiger partial charge in [0.05, 0.1) is 6.54 Å². The summed E-state index contributed by atoms with van der Waals surface area (Å²) in [5.74, 6) is 6.19. The molecule has 0 aromatic rings. The Morgan fingerprint density at radius 1 is 1.23 bits per heavy atom. The topological polar surface area (TPSA) is 35.5 Å². The van der Waals surface area contributed by atoms with Crippen LogP contribution in [-0.2, 0) is 0 Å². The number of aliphatic hydroxyl groups is 1. The Morgan fingerprint density at radius 3 is 2.69 bits per heavy atom. The van der Waals surface area contributed by atoms with Gasteiger partial charge < -0.3 is 10.4 Å². The van der Waals surface area contributed by atoms with E-state index in [9.17, 15) is 0 Å². The third-order valence-corrected chi connectivity index (χ3v) is 2.10. The molecule has 0 spiro atoms. The third-order valence-electron chi connectivity index (χ3n) is 2.10. The van der Waals surface area contributed by atoms with E-state index >= 15 is 0 Å². The Balaban J connectivity index is 2.04. The van der Waals surface area contributed by atoms with Crippen LogP contribution in [0.3, 0.4) is 0 Å². The second kappa shape index (κ2) is 6.90. The molecule has 3 heteroatoms. The van der Waals surface area contributed by atoms with Crippen molar-refractivity contribution in [2.24, 2.45) is 0 Å². The summed E-state index contributed by atoms with van der Waals surface area (Å²) in [6, 6.07) is 0. The lowest BCUT2D eigenvalue weighted by atomic mass is 10.3. The van der Waals surface area contributed by atoms with E-state index in [1.165, 1.54) is 0 Å². The first-order chi connectivity index (χ1) is 6.43. The van der Waals surface area contributed by atoms with Gasteiger partial charge in [0.25, 0.3) is 0 Å². The second-order valence-corrected chi connectivity index (χ2v) is 3.21. The molecule has 0 amide bonds. The van der Waals surface area contributed by atoms with E-state index in [2.05, 4.69) is 22.1 Å². The minimum Gasteiger partial charge on any atom is -0.396 e. The number of nitrogens with zero attached hydrogens (tertiary/aromatic N) is 1. The Morgan fingerprint density at radius 2 is 2.00 bits per heavy atom. The minimum absolute atomic E-state index is 0.252. The van der Waals surface area contributed by atoms with E-state index in [-0.39, 0.29) is 6.61 Å². The zero-order chi connectivity index (χ0) is 9.36. The summed E-state index contributed by atoms with van der Waals surface area (Å²) in [7, 11) is 0. The number of unbranched alkanes of at least 4 members (excludes halogenated alkanes) is 1. The summed E-state index contributed by atoms with van der Waals surface area (Å²) < 4.78 is 0. The summed E-state index contributed by atoms with van der Waals surface area (Å²) >= 11 is 0. The quantitative estimate of drug-likeness (QED) is 0.463. The average Bonchev–Trinajstić information content (AvgIpc) is 2.19. The zero-order valence-electron chi connectivity index (χ0n) is 8.05. The van der Waals surface area contributed by atoms with Crippen LogP contribution in [0.4, 0.5) is 0 Å². The number of aliphatic hydroxyl groups excluding tert-OH is 1. The van der Waals surface area contributed by atoms with Gasteiger partial charge in [-0.3, -0.25) is 4.90 Å². The van der Waals surface area contributed by atoms with Gasteiger partial charge in [0, 0.05) is 39.2 Å². The molecule has 0 unspecified atom stereocenters. The van der Waals surface area contributed by atoms with Crippen LogP contribution in [0.5, 0.6) is 0 Å². The maximum absolute atomic E-state index is 8.53. The number of piperazine rings is 1. The second-order valence-electron chi connectivity index (χ2n) is 3.21. The van der Waals surface area contributed by atoms with Gasteiger partial charge in [-0.1, -0.05) is 5.92 Å². The molecule has 0 aromatic carbocycles. The highest BCUT2D eigenvalue weighted by molar-refractivity contribution is 5.01. The van der Waals surface area contributed by atoms with Gasteiger partial charge in [-0.25, -0.2) is 0 Å². The fourth-order valence-corrected chi connectivity index (χ4v) is 1.29. The Bertz CT molecular complexity index is 177. The van der Waals surface area contributed by atoms with Crippen LogP contribution in [0.1, 0.15) is 12.8 Å². The van der Waals surface area contributed by atoms with Crippen molar-refractivity contribution in [1.82, 2.24) is 10.2 Å². The predicted molar refractivity (Wildman–Crippen MR) is 53.4 cm³/mol. The lowest BCUT2D eigenvalue weighted by Crippen LogP contribution is -2.43. The van der Waals surface area contributed by atoms with E-state index in [0.29, 0.717) is 0 Å². The highest BCUT2D eigenvalue weighted by Crippen LogP contribution is 1.90. The highest BCUT2D eigenvalue weighted by atomic mass is 16.2. The Hall–Kier alpha value is -0.560. The fraction of sp³-hybridized carbons (Fsp3) is 0.800. The van der Waals surface area contributed by atoms with Crippen LogP contribution in [0, 0.1) is 11.8 Å². The molecular formula is C10H18N2O. The van der Waals surface area contributed by atoms with Crippen molar-refractivity contribution in [1.29, 1.82) is 0 Å². The molecule has 3 nitrogen and oxygen atoms in total. The van der Waals surface area contributed by atoms with Crippen molar-refractivity contribution >= 4 is 0 Å². The van der Waals surface area contributed by atoms with Crippen LogP contribution in [0.15, 0.2) is 0 Å². The lowest BCUT2D eigenvalue weighted by molar-refractivity contribution is 0.268. The number of hydrogen-bond acceptors (Lipinski definition) is 3. The van der Waals surface area contributed by atoms with Crippen LogP contribution >= 0.6 is 0 Å². The minimum atomic E-state index is 0.252. The predicted octanol–water partition coefficient (Wildman–Crippen LogP) is -0.332. The molecule has 74 valence electrons. The van der Waals surface area contributed by atoms with Gasteiger partial charge in [-0.05, 0) is 6.42 Å². The van der Waals surface area contributed by atoms with E-state index in [0.717, 1.165) is 45.6 Å². The van der Waals surface area contributed by atoms with Crippen molar-refractivity contribution < 1.29 is 5.11 Å². The van der Waals surface area contributed by atoms with Crippen LogP contribution in [0.2, 0.25) is 0 Å². The fourth-order valence-electron chi connectivity index (χ4n) is 1.29. The molecule has 13 heavy (non-hydrogen) atoms. The Kier molecular flexibility index (Phi) is 5.59. The molecule has 1 fully saturated rings. The van der Waals surface area contributed by atoms with Crippen molar-refractivity contribution in [2.75, 3.05) is 39.3 Å². The maximum Gasteiger partial charge on any atom is 0.0602 e. The highest BCUT2D eigenvalue weighted by Gasteiger charge is 2.06. The SMILES string of the molecule is OCCCC#CCN1CCNCC1. The van der Waals surface area contributed by atoms with Crippen LogP contribution in [0.25, 0.3) is 0 Å². The molecule has 0 aromatic heterocycles. The van der Waals surface area contributed by atoms with Crippen molar-refractivity contribution in [3.63, 3.8) is 0 Å². The molecule has 2 N–H and O–H groups in total. The van der Waals surface area contributed by atoms with Gasteiger partial charge in [0.1, 0.15) is 0 Å². The van der Waals surface area contributed by atoms with Gasteiger partial charge in [0.2, 0.25) is 0 Å². The smallest absolute Gasteiger partial charge is 0.0602 e. The van der Waals surface area contributed by atoms with E-state index in [1.54, 1.807) is 0 Å². The monoisotopic (exact) mass is 182 g/mol. The summed E-state index contributed by atoms with van der Waals surface area (Å²) in [6.07, 6.45) is 1.62. The lowest BCUT2D eigenvalue weighted by Gasteiger charge is -2.24. The summed E-state index contributed by atoms with van der Waals surface area (Å²) in [5, 5.41) is 11.8. The zero-order valence-corrected chi connectivity index (χ0v) is 8.05. The van der Waals surface area contributed by atoms with Gasteiger partial charge in [-0.2, -0.15) is 0 Å². The molecule has 1 heterocycles. The molecule has 0 bridgehead atoms. The Labute approximate surface area is 80.1 Å². The van der Waals surface area contributed by atoms with Gasteiger partial charge >= 0.3 is 0 Å². The average molecular weight is 182 g/mol. The molecule has 0 atom stereocenters. The van der Waals surface area contributed by atoms with Gasteiger partial charge in [-0.15, -0.1) is 5.92 Å². The van der Waals surface area contributed by atoms with Crippen LogP contribution < -0.4 is 5.32 Å². The maximum atomic E-state index is 8.53. The summed E-state index contributed by atoms with van der Waals surface area (Å²) in [5.41, 5.74) is 0. The number of rotatable bonds is 3. The number of hydrogen-bond donors (Lipinski definition) is 2. The summed E-state index contributed by atoms with van der Waals surface area (Å²) in [4.78, 5) is 2.35. The van der Waals surface area contributed by atoms with Crippen molar-refractivity contribution in [3.8, 4) is 11.8 Å². The third kappa shape index (κ3) is 4.89. The van der Waals surface area contributed by atoms with E-state index in [4.69, 9.17) is 5.11 Å². The van der Waals surface area contributed by atoms with Crippen LogP contribution in [-0.4, -0.2) is 49.3 Å². The molecule has 0 saturated carbocycles. The first-order valence-electron chi connectivity index (χ1n) is 4.93. The van der Waals surface area contributed by atoms with Gasteiger partial charge in [0.15, 0.2) is 0 Å². The standard InChI is InChI=1S/C10H18N2O/c13-10-4-2-1-3-7-12-8-5-11-6-9-12/h11,13H,2,4-10H2.